The van der Waals surface area contributed by atoms with Crippen LogP contribution in [0.3, 0.4) is 0 Å². The van der Waals surface area contributed by atoms with Gasteiger partial charge in [0.15, 0.2) is 0 Å². The predicted octanol–water partition coefficient (Wildman–Crippen LogP) is 4.28. The normalized spacial score (nSPS) is 15.9. The van der Waals surface area contributed by atoms with E-state index in [1.54, 1.807) is 17.0 Å². The fraction of sp³-hybridized carbons (Fsp3) is 0.360. The van der Waals surface area contributed by atoms with Crippen LogP contribution < -0.4 is 5.32 Å². The van der Waals surface area contributed by atoms with Crippen LogP contribution in [0.2, 0.25) is 0 Å². The van der Waals surface area contributed by atoms with E-state index in [-0.39, 0.29) is 32.0 Å². The van der Waals surface area contributed by atoms with E-state index in [0.29, 0.717) is 23.5 Å². The molecule has 0 radical (unpaired) electrons. The average molecular weight is 499 g/mol. The number of anilines is 1. The number of halogens is 2. The first kappa shape index (κ1) is 25.4. The van der Waals surface area contributed by atoms with Gasteiger partial charge >= 0.3 is 0 Å². The molecule has 0 bridgehead atoms. The molecule has 1 fully saturated rings. The zero-order chi connectivity index (χ0) is 25.7. The number of nitrogens with zero attached hydrogens (tertiary/aromatic N) is 5. The Labute approximate surface area is 207 Å². The van der Waals surface area contributed by atoms with Crippen molar-refractivity contribution in [2.45, 2.75) is 32.2 Å². The molecule has 1 N–H and O–H groups in total. The SMILES string of the molecule is COCC(c1nc(-c2ccc(C)c(NC=O)c2)no1)N1CCC(F)(F)C1.Cc1cnc2ccccn12. The van der Waals surface area contributed by atoms with Gasteiger partial charge in [-0.05, 0) is 37.6 Å². The van der Waals surface area contributed by atoms with E-state index >= 15 is 0 Å². The van der Waals surface area contributed by atoms with E-state index in [1.807, 2.05) is 50.5 Å². The van der Waals surface area contributed by atoms with Crippen LogP contribution in [-0.2, 0) is 9.53 Å². The van der Waals surface area contributed by atoms with E-state index in [2.05, 4.69) is 24.8 Å². The molecule has 9 nitrogen and oxygen atoms in total. The summed E-state index contributed by atoms with van der Waals surface area (Å²) < 4.78 is 39.6. The average Bonchev–Trinajstić information content (AvgIpc) is 3.59. The lowest BCUT2D eigenvalue weighted by Gasteiger charge is -2.23. The molecule has 0 saturated carbocycles. The number of pyridine rings is 1. The van der Waals surface area contributed by atoms with Crippen molar-refractivity contribution in [1.82, 2.24) is 24.4 Å². The Morgan fingerprint density at radius 2 is 2.11 bits per heavy atom. The number of carbonyl (C=O) groups is 1. The molecule has 11 heteroatoms. The summed E-state index contributed by atoms with van der Waals surface area (Å²) in [5, 5.41) is 6.57. The number of nitrogens with one attached hydrogen (secondary N) is 1. The molecule has 1 aliphatic heterocycles. The highest BCUT2D eigenvalue weighted by Crippen LogP contribution is 2.34. The number of hydrogen-bond donors (Lipinski definition) is 1. The van der Waals surface area contributed by atoms with Gasteiger partial charge in [0.25, 0.3) is 5.92 Å². The number of methoxy groups -OCH3 is 1. The number of hydrogen-bond acceptors (Lipinski definition) is 7. The Kier molecular flexibility index (Phi) is 7.70. The monoisotopic (exact) mass is 498 g/mol. The molecular weight excluding hydrogens is 470 g/mol. The van der Waals surface area contributed by atoms with Crippen LogP contribution in [-0.4, -0.2) is 63.6 Å². The van der Waals surface area contributed by atoms with E-state index in [4.69, 9.17) is 9.26 Å². The maximum atomic E-state index is 13.6. The summed E-state index contributed by atoms with van der Waals surface area (Å²) in [6, 6.07) is 10.8. The van der Waals surface area contributed by atoms with Crippen LogP contribution in [0.25, 0.3) is 17.0 Å². The van der Waals surface area contributed by atoms with Gasteiger partial charge in [-0.2, -0.15) is 4.98 Å². The molecule has 0 aliphatic carbocycles. The molecular formula is C25H28F2N6O3. The van der Waals surface area contributed by atoms with Crippen LogP contribution in [0.4, 0.5) is 14.5 Å². The second-order valence-corrected chi connectivity index (χ2v) is 8.62. The molecule has 36 heavy (non-hydrogen) atoms. The molecule has 1 unspecified atom stereocenters. The molecule has 4 aromatic rings. The van der Waals surface area contributed by atoms with Crippen LogP contribution in [0.15, 0.2) is 53.3 Å². The van der Waals surface area contributed by atoms with Crippen molar-refractivity contribution in [2.24, 2.45) is 0 Å². The molecule has 1 aromatic carbocycles. The minimum absolute atomic E-state index is 0.170. The highest BCUT2D eigenvalue weighted by molar-refractivity contribution is 5.76. The molecule has 5 rings (SSSR count). The van der Waals surface area contributed by atoms with Gasteiger partial charge < -0.3 is 19.0 Å². The first-order valence-corrected chi connectivity index (χ1v) is 11.5. The maximum absolute atomic E-state index is 13.6. The number of aromatic nitrogens is 4. The second kappa shape index (κ2) is 10.9. The van der Waals surface area contributed by atoms with Gasteiger partial charge in [-0.3, -0.25) is 9.69 Å². The van der Waals surface area contributed by atoms with E-state index < -0.39 is 12.0 Å². The standard InChI is InChI=1S/C17H20F2N4O3.C8H8N2/c1-11-3-4-12(7-13(11)20-10-24)15-21-16(26-22-15)14(8-25-2)23-6-5-17(18,19)9-23;1-7-6-9-8-4-2-3-5-10(7)8/h3-4,7,10,14H,5-6,8-9H2,1-2H3,(H,20,24);2-6H,1H3. The molecule has 0 spiro atoms. The fourth-order valence-electron chi connectivity index (χ4n) is 4.05. The number of rotatable bonds is 7. The summed E-state index contributed by atoms with van der Waals surface area (Å²) in [5.41, 5.74) is 4.37. The van der Waals surface area contributed by atoms with Gasteiger partial charge in [-0.25, -0.2) is 13.8 Å². The minimum Gasteiger partial charge on any atom is -0.383 e. The van der Waals surface area contributed by atoms with Crippen LogP contribution in [0.5, 0.6) is 0 Å². The van der Waals surface area contributed by atoms with Gasteiger partial charge in [0.1, 0.15) is 11.7 Å². The Balaban J connectivity index is 0.000000251. The lowest BCUT2D eigenvalue weighted by Crippen LogP contribution is -2.32. The number of imidazole rings is 1. The zero-order valence-corrected chi connectivity index (χ0v) is 20.3. The summed E-state index contributed by atoms with van der Waals surface area (Å²) in [6.45, 7) is 3.94. The third-order valence-electron chi connectivity index (χ3n) is 6.00. The van der Waals surface area contributed by atoms with Crippen LogP contribution in [0, 0.1) is 13.8 Å². The number of fused-ring (bicyclic) bond motifs is 1. The number of aryl methyl sites for hydroxylation is 2. The van der Waals surface area contributed by atoms with E-state index in [9.17, 15) is 13.6 Å². The summed E-state index contributed by atoms with van der Waals surface area (Å²) in [7, 11) is 1.50. The summed E-state index contributed by atoms with van der Waals surface area (Å²) in [6.07, 6.45) is 4.27. The van der Waals surface area contributed by atoms with Crippen molar-refractivity contribution in [3.8, 4) is 11.4 Å². The van der Waals surface area contributed by atoms with Gasteiger partial charge in [-0.15, -0.1) is 0 Å². The Morgan fingerprint density at radius 1 is 1.28 bits per heavy atom. The minimum atomic E-state index is -2.72. The highest BCUT2D eigenvalue weighted by Gasteiger charge is 2.42. The van der Waals surface area contributed by atoms with Gasteiger partial charge in [0, 0.05) is 49.4 Å². The number of carbonyl (C=O) groups excluding carboxylic acids is 1. The van der Waals surface area contributed by atoms with Gasteiger partial charge in [0.2, 0.25) is 18.1 Å². The lowest BCUT2D eigenvalue weighted by atomic mass is 10.1. The maximum Gasteiger partial charge on any atom is 0.261 e. The van der Waals surface area contributed by atoms with Crippen LogP contribution in [0.1, 0.15) is 29.6 Å². The van der Waals surface area contributed by atoms with Crippen molar-refractivity contribution in [3.05, 3.63) is 65.9 Å². The smallest absolute Gasteiger partial charge is 0.261 e. The number of ether oxygens (including phenoxy) is 1. The topological polar surface area (TPSA) is 97.8 Å². The van der Waals surface area contributed by atoms with Crippen molar-refractivity contribution in [1.29, 1.82) is 0 Å². The molecule has 1 aliphatic rings. The molecule has 4 heterocycles. The van der Waals surface area contributed by atoms with Crippen molar-refractivity contribution < 1.29 is 22.8 Å². The Morgan fingerprint density at radius 3 is 2.81 bits per heavy atom. The first-order valence-electron chi connectivity index (χ1n) is 11.5. The van der Waals surface area contributed by atoms with Gasteiger partial charge in [-0.1, -0.05) is 23.4 Å². The van der Waals surface area contributed by atoms with E-state index in [1.165, 1.54) is 12.8 Å². The fourth-order valence-corrected chi connectivity index (χ4v) is 4.05. The second-order valence-electron chi connectivity index (χ2n) is 8.62. The highest BCUT2D eigenvalue weighted by atomic mass is 19.3. The third-order valence-corrected chi connectivity index (χ3v) is 6.00. The van der Waals surface area contributed by atoms with Crippen molar-refractivity contribution in [2.75, 3.05) is 32.1 Å². The van der Waals surface area contributed by atoms with Crippen molar-refractivity contribution in [3.63, 3.8) is 0 Å². The molecule has 3 aromatic heterocycles. The van der Waals surface area contributed by atoms with Gasteiger partial charge in [0.05, 0.1) is 13.2 Å². The zero-order valence-electron chi connectivity index (χ0n) is 20.3. The number of amides is 1. The molecule has 190 valence electrons. The number of likely N-dealkylation sites (tertiary alicyclic amines) is 1. The molecule has 1 saturated heterocycles. The number of benzene rings is 1. The van der Waals surface area contributed by atoms with Crippen LogP contribution >= 0.6 is 0 Å². The Hall–Kier alpha value is -3.70. The van der Waals surface area contributed by atoms with E-state index in [0.717, 1.165) is 11.2 Å². The molecule has 1 amide bonds. The molecule has 1 atom stereocenters. The lowest BCUT2D eigenvalue weighted by molar-refractivity contribution is -0.105. The number of alkyl halides is 2. The first-order chi connectivity index (χ1) is 17.3. The largest absolute Gasteiger partial charge is 0.383 e. The summed E-state index contributed by atoms with van der Waals surface area (Å²) >= 11 is 0. The van der Waals surface area contributed by atoms with Crippen molar-refractivity contribution >= 4 is 17.7 Å². The third kappa shape index (κ3) is 5.74. The quantitative estimate of drug-likeness (QED) is 0.380. The summed E-state index contributed by atoms with van der Waals surface area (Å²) in [5.74, 6) is -2.17. The predicted molar refractivity (Wildman–Crippen MR) is 130 cm³/mol. The Bertz CT molecular complexity index is 1320. The summed E-state index contributed by atoms with van der Waals surface area (Å²) in [4.78, 5) is 20.8.